The summed E-state index contributed by atoms with van der Waals surface area (Å²) in [6.45, 7) is 4.25. The molecule has 2 aromatic rings. The maximum atomic E-state index is 12.2. The van der Waals surface area contributed by atoms with Crippen molar-refractivity contribution in [2.24, 2.45) is 4.99 Å². The third-order valence-corrected chi connectivity index (χ3v) is 4.08. The van der Waals surface area contributed by atoms with Gasteiger partial charge in [0.1, 0.15) is 5.75 Å². The van der Waals surface area contributed by atoms with Gasteiger partial charge in [-0.3, -0.25) is 0 Å². The lowest BCUT2D eigenvalue weighted by molar-refractivity contribution is -0.130. The number of ether oxygens (including phenoxy) is 2. The Hall–Kier alpha value is -2.88. The van der Waals surface area contributed by atoms with Crippen LogP contribution in [-0.4, -0.2) is 19.0 Å². The van der Waals surface area contributed by atoms with E-state index in [1.165, 1.54) is 5.56 Å². The van der Waals surface area contributed by atoms with Crippen LogP contribution in [0, 0.1) is 0 Å². The van der Waals surface area contributed by atoms with Gasteiger partial charge >= 0.3 is 5.97 Å². The average molecular weight is 335 g/mol. The van der Waals surface area contributed by atoms with Crippen LogP contribution in [0.2, 0.25) is 0 Å². The summed E-state index contributed by atoms with van der Waals surface area (Å²) in [4.78, 5) is 16.5. The Balaban J connectivity index is 1.90. The summed E-state index contributed by atoms with van der Waals surface area (Å²) >= 11 is 0. The topological polar surface area (TPSA) is 47.9 Å². The van der Waals surface area contributed by atoms with E-state index in [-0.39, 0.29) is 0 Å². The molecule has 1 heterocycles. The molecule has 0 aliphatic carbocycles. The van der Waals surface area contributed by atoms with Crippen molar-refractivity contribution in [3.8, 4) is 5.75 Å². The zero-order valence-corrected chi connectivity index (χ0v) is 14.7. The summed E-state index contributed by atoms with van der Waals surface area (Å²) in [5.41, 5.74) is 3.35. The zero-order valence-electron chi connectivity index (χ0n) is 14.7. The van der Waals surface area contributed by atoms with Gasteiger partial charge in [-0.25, -0.2) is 9.79 Å². The lowest BCUT2D eigenvalue weighted by Crippen LogP contribution is -2.06. The van der Waals surface area contributed by atoms with E-state index >= 15 is 0 Å². The molecule has 0 aromatic heterocycles. The number of nitrogens with zero attached hydrogens (tertiary/aromatic N) is 1. The van der Waals surface area contributed by atoms with Gasteiger partial charge in [0.25, 0.3) is 0 Å². The van der Waals surface area contributed by atoms with E-state index in [0.29, 0.717) is 29.7 Å². The summed E-state index contributed by atoms with van der Waals surface area (Å²) in [6, 6.07) is 15.8. The molecule has 0 saturated carbocycles. The van der Waals surface area contributed by atoms with Gasteiger partial charge in [0.15, 0.2) is 5.70 Å². The summed E-state index contributed by atoms with van der Waals surface area (Å²) in [5.74, 6) is 1.08. The van der Waals surface area contributed by atoms with Crippen LogP contribution in [0.1, 0.15) is 36.5 Å². The van der Waals surface area contributed by atoms with Crippen LogP contribution < -0.4 is 4.74 Å². The van der Waals surface area contributed by atoms with Crippen molar-refractivity contribution in [2.45, 2.75) is 26.2 Å². The highest BCUT2D eigenvalue weighted by atomic mass is 16.6. The molecule has 25 heavy (non-hydrogen) atoms. The van der Waals surface area contributed by atoms with Crippen molar-refractivity contribution in [3.05, 3.63) is 70.9 Å². The molecule has 0 radical (unpaired) electrons. The number of carbonyl (C=O) groups excluding carboxylic acids is 1. The average Bonchev–Trinajstić information content (AvgIpc) is 2.94. The van der Waals surface area contributed by atoms with Gasteiger partial charge in [-0.05, 0) is 35.3 Å². The third-order valence-electron chi connectivity index (χ3n) is 4.08. The van der Waals surface area contributed by atoms with Gasteiger partial charge in [0.2, 0.25) is 5.90 Å². The molecule has 0 N–H and O–H groups in total. The van der Waals surface area contributed by atoms with E-state index in [9.17, 15) is 4.79 Å². The van der Waals surface area contributed by atoms with Crippen molar-refractivity contribution >= 4 is 17.9 Å². The monoisotopic (exact) mass is 335 g/mol. The number of carbonyl (C=O) groups is 1. The Kier molecular flexibility index (Phi) is 4.98. The van der Waals surface area contributed by atoms with Crippen LogP contribution >= 0.6 is 0 Å². The van der Waals surface area contributed by atoms with E-state index in [1.54, 1.807) is 13.2 Å². The molecule has 3 rings (SSSR count). The molecule has 0 fully saturated rings. The summed E-state index contributed by atoms with van der Waals surface area (Å²) in [7, 11) is 1.61. The van der Waals surface area contributed by atoms with Gasteiger partial charge in [0.05, 0.1) is 7.11 Å². The quantitative estimate of drug-likeness (QED) is 0.602. The van der Waals surface area contributed by atoms with Gasteiger partial charge in [0, 0.05) is 12.0 Å². The minimum absolute atomic E-state index is 0.296. The minimum atomic E-state index is -0.428. The van der Waals surface area contributed by atoms with Crippen LogP contribution in [0.15, 0.2) is 59.2 Å². The highest BCUT2D eigenvalue weighted by molar-refractivity contribution is 6.07. The molecular formula is C21H21NO3. The van der Waals surface area contributed by atoms with Gasteiger partial charge in [-0.15, -0.1) is 0 Å². The molecule has 2 aromatic carbocycles. The fraction of sp³-hybridized carbons (Fsp3) is 0.238. The molecule has 0 bridgehead atoms. The largest absolute Gasteiger partial charge is 0.496 e. The zero-order chi connectivity index (χ0) is 17.8. The number of esters is 1. The van der Waals surface area contributed by atoms with E-state index in [1.807, 2.05) is 48.5 Å². The Morgan fingerprint density at radius 1 is 1.16 bits per heavy atom. The Labute approximate surface area is 147 Å². The van der Waals surface area contributed by atoms with Crippen LogP contribution in [0.25, 0.3) is 6.08 Å². The fourth-order valence-corrected chi connectivity index (χ4v) is 2.67. The Morgan fingerprint density at radius 2 is 1.92 bits per heavy atom. The van der Waals surface area contributed by atoms with Crippen LogP contribution in [0.4, 0.5) is 0 Å². The molecule has 0 spiro atoms. The predicted octanol–water partition coefficient (Wildman–Crippen LogP) is 4.36. The molecule has 4 heteroatoms. The van der Waals surface area contributed by atoms with Crippen molar-refractivity contribution in [1.82, 2.24) is 0 Å². The van der Waals surface area contributed by atoms with Crippen molar-refractivity contribution in [2.75, 3.05) is 7.11 Å². The Morgan fingerprint density at radius 3 is 2.60 bits per heavy atom. The molecule has 0 saturated heterocycles. The smallest absolute Gasteiger partial charge is 0.363 e. The minimum Gasteiger partial charge on any atom is -0.496 e. The fourth-order valence-electron chi connectivity index (χ4n) is 2.67. The maximum Gasteiger partial charge on any atom is 0.363 e. The first-order chi connectivity index (χ1) is 12.1. The third kappa shape index (κ3) is 3.97. The molecule has 0 atom stereocenters. The van der Waals surface area contributed by atoms with Crippen molar-refractivity contribution < 1.29 is 14.3 Å². The maximum absolute atomic E-state index is 12.2. The number of rotatable bonds is 5. The number of benzene rings is 2. The molecule has 1 aliphatic heterocycles. The normalized spacial score (nSPS) is 15.4. The predicted molar refractivity (Wildman–Crippen MR) is 98.7 cm³/mol. The first kappa shape index (κ1) is 17.0. The molecule has 0 amide bonds. The molecule has 4 nitrogen and oxygen atoms in total. The lowest BCUT2D eigenvalue weighted by atomic mass is 10.00. The van der Waals surface area contributed by atoms with Crippen LogP contribution in [0.5, 0.6) is 5.75 Å². The summed E-state index contributed by atoms with van der Waals surface area (Å²) < 4.78 is 10.7. The highest BCUT2D eigenvalue weighted by Gasteiger charge is 2.23. The SMILES string of the molecule is COc1ccc(C(C)C)cc1/C=C1\N=C(Cc2ccccc2)OC1=O. The van der Waals surface area contributed by atoms with Crippen LogP contribution in [-0.2, 0) is 16.0 Å². The number of hydrogen-bond donors (Lipinski definition) is 0. The first-order valence-corrected chi connectivity index (χ1v) is 8.30. The van der Waals surface area contributed by atoms with Crippen molar-refractivity contribution in [3.63, 3.8) is 0 Å². The van der Waals surface area contributed by atoms with E-state index < -0.39 is 5.97 Å². The van der Waals surface area contributed by atoms with E-state index in [4.69, 9.17) is 9.47 Å². The van der Waals surface area contributed by atoms with Crippen LogP contribution in [0.3, 0.4) is 0 Å². The molecule has 0 unspecified atom stereocenters. The van der Waals surface area contributed by atoms with E-state index in [0.717, 1.165) is 11.1 Å². The molecular weight excluding hydrogens is 314 g/mol. The standard InChI is InChI=1S/C21H21NO3/c1-14(2)16-9-10-19(24-3)17(12-16)13-18-21(23)25-20(22-18)11-15-7-5-4-6-8-15/h4-10,12-14H,11H2,1-3H3/b18-13-. The number of hydrogen-bond acceptors (Lipinski definition) is 4. The van der Waals surface area contributed by atoms with E-state index in [2.05, 4.69) is 18.8 Å². The second-order valence-corrected chi connectivity index (χ2v) is 6.24. The van der Waals surface area contributed by atoms with Gasteiger partial charge in [-0.2, -0.15) is 0 Å². The molecule has 1 aliphatic rings. The number of methoxy groups -OCH3 is 1. The number of cyclic esters (lactones) is 1. The summed E-state index contributed by atoms with van der Waals surface area (Å²) in [6.07, 6.45) is 2.22. The second kappa shape index (κ2) is 7.34. The second-order valence-electron chi connectivity index (χ2n) is 6.24. The molecule has 128 valence electrons. The van der Waals surface area contributed by atoms with Crippen molar-refractivity contribution in [1.29, 1.82) is 0 Å². The Bertz CT molecular complexity index is 835. The van der Waals surface area contributed by atoms with Gasteiger partial charge in [-0.1, -0.05) is 50.2 Å². The lowest BCUT2D eigenvalue weighted by Gasteiger charge is -2.10. The van der Waals surface area contributed by atoms with Gasteiger partial charge < -0.3 is 9.47 Å². The highest BCUT2D eigenvalue weighted by Crippen LogP contribution is 2.27. The first-order valence-electron chi connectivity index (χ1n) is 8.30. The number of aliphatic imine (C=N–C) groups is 1. The summed E-state index contributed by atoms with van der Waals surface area (Å²) in [5, 5.41) is 0.